The number of hydrogen-bond donors (Lipinski definition) is 8. The zero-order chi connectivity index (χ0) is 32.5. The van der Waals surface area contributed by atoms with Crippen LogP contribution in [-0.4, -0.2) is 102 Å². The van der Waals surface area contributed by atoms with E-state index in [1.165, 1.54) is 51.4 Å². The van der Waals surface area contributed by atoms with E-state index in [9.17, 15) is 0 Å². The van der Waals surface area contributed by atoms with E-state index >= 15 is 0 Å². The molecular weight excluding hydrogens is 608 g/mol. The second kappa shape index (κ2) is 13.8. The number of ether oxygens (including phenoxy) is 4. The van der Waals surface area contributed by atoms with Gasteiger partial charge in [-0.25, -0.2) is 0 Å². The standard InChI is InChI=1S/C36H64N8O4/c1-45-21-13-5-9-17-25(21)33-37-29(17)42-34-27-19(11-7-15-23(27)47-3)31(39-34)44-36-28-20(12-8-16-24(28)48-4)32(40-36)43-35-26-18(30(38-35)41-33)10-6-14-22(26)46-2/h17-44H,5-16H2,1-4H3. The van der Waals surface area contributed by atoms with Crippen LogP contribution in [0.25, 0.3) is 0 Å². The Hall–Kier alpha value is -0.480. The molecule has 9 fully saturated rings. The van der Waals surface area contributed by atoms with E-state index in [0.717, 1.165) is 25.7 Å². The van der Waals surface area contributed by atoms with E-state index in [0.29, 0.717) is 47.3 Å². The van der Waals surface area contributed by atoms with Gasteiger partial charge in [0.2, 0.25) is 0 Å². The molecule has 9 aliphatic rings. The normalized spacial score (nSPS) is 56.2. The maximum absolute atomic E-state index is 6.26. The van der Waals surface area contributed by atoms with Crippen molar-refractivity contribution in [2.75, 3.05) is 28.4 Å². The van der Waals surface area contributed by atoms with E-state index in [1.54, 1.807) is 0 Å². The van der Waals surface area contributed by atoms with E-state index in [-0.39, 0.29) is 73.7 Å². The summed E-state index contributed by atoms with van der Waals surface area (Å²) in [5.41, 5.74) is 0. The third-order valence-electron chi connectivity index (χ3n) is 15.1. The maximum atomic E-state index is 6.26. The van der Waals surface area contributed by atoms with E-state index in [2.05, 4.69) is 42.5 Å². The average Bonchev–Trinajstić information content (AvgIpc) is 3.86. The van der Waals surface area contributed by atoms with Crippen LogP contribution in [0.5, 0.6) is 0 Å². The van der Waals surface area contributed by atoms with Crippen molar-refractivity contribution in [1.82, 2.24) is 42.5 Å². The van der Waals surface area contributed by atoms with Gasteiger partial charge in [0.05, 0.1) is 73.7 Å². The Balaban J connectivity index is 1.09. The van der Waals surface area contributed by atoms with Crippen LogP contribution in [0, 0.1) is 47.3 Å². The highest BCUT2D eigenvalue weighted by atomic mass is 16.5. The SMILES string of the molecule is COC1CCCC2C3NC(NC4NC(NC5NC(NC6NC(N3)C3C(OC)CCCC63)C3C(OC)CCCC53)C3C(OC)CCCC43)C12. The largest absolute Gasteiger partial charge is 0.381 e. The molecule has 0 aromatic heterocycles. The first-order valence-corrected chi connectivity index (χ1v) is 19.8. The molecule has 8 bridgehead atoms. The lowest BCUT2D eigenvalue weighted by Crippen LogP contribution is -2.62. The molecule has 4 saturated carbocycles. The van der Waals surface area contributed by atoms with Gasteiger partial charge in [0.1, 0.15) is 0 Å². The van der Waals surface area contributed by atoms with Crippen LogP contribution in [0.2, 0.25) is 0 Å². The van der Waals surface area contributed by atoms with Crippen LogP contribution in [0.1, 0.15) is 77.0 Å². The van der Waals surface area contributed by atoms with Crippen molar-refractivity contribution in [1.29, 1.82) is 0 Å². The summed E-state index contributed by atoms with van der Waals surface area (Å²) in [7, 11) is 7.70. The summed E-state index contributed by atoms with van der Waals surface area (Å²) in [4.78, 5) is 0. The molecule has 9 rings (SSSR count). The van der Waals surface area contributed by atoms with Gasteiger partial charge in [0.25, 0.3) is 0 Å². The predicted molar refractivity (Wildman–Crippen MR) is 182 cm³/mol. The highest BCUT2D eigenvalue weighted by Crippen LogP contribution is 2.47. The molecular formula is C36H64N8O4. The van der Waals surface area contributed by atoms with E-state index in [4.69, 9.17) is 18.9 Å². The van der Waals surface area contributed by atoms with Crippen LogP contribution < -0.4 is 42.5 Å². The second-order valence-electron chi connectivity index (χ2n) is 16.9. The lowest BCUT2D eigenvalue weighted by Gasteiger charge is -2.40. The first-order valence-electron chi connectivity index (χ1n) is 19.8. The summed E-state index contributed by atoms with van der Waals surface area (Å²) in [5.74, 6) is 3.65. The zero-order valence-corrected chi connectivity index (χ0v) is 29.7. The predicted octanol–water partition coefficient (Wildman–Crippen LogP) is 1.11. The van der Waals surface area contributed by atoms with Gasteiger partial charge in [-0.1, -0.05) is 25.7 Å². The monoisotopic (exact) mass is 673 g/mol. The number of rotatable bonds is 4. The van der Waals surface area contributed by atoms with Gasteiger partial charge >= 0.3 is 0 Å². The van der Waals surface area contributed by atoms with Crippen molar-refractivity contribution in [3.8, 4) is 0 Å². The molecule has 0 amide bonds. The van der Waals surface area contributed by atoms with Crippen molar-refractivity contribution >= 4 is 0 Å². The molecule has 12 nitrogen and oxygen atoms in total. The van der Waals surface area contributed by atoms with E-state index < -0.39 is 0 Å². The minimum Gasteiger partial charge on any atom is -0.381 e. The number of hydrogen-bond acceptors (Lipinski definition) is 12. The number of methoxy groups -OCH3 is 4. The third-order valence-corrected chi connectivity index (χ3v) is 15.1. The Morgan fingerprint density at radius 2 is 0.500 bits per heavy atom. The van der Waals surface area contributed by atoms with Crippen molar-refractivity contribution < 1.29 is 18.9 Å². The lowest BCUT2D eigenvalue weighted by atomic mass is 9.74. The molecule has 12 atom stereocenters. The summed E-state index contributed by atoms with van der Waals surface area (Å²) in [5, 5.41) is 33.5. The first-order chi connectivity index (χ1) is 23.6. The Morgan fingerprint density at radius 3 is 0.688 bits per heavy atom. The Bertz CT molecular complexity index is 956. The molecule has 272 valence electrons. The average molecular weight is 673 g/mol. The topological polar surface area (TPSA) is 133 Å². The summed E-state index contributed by atoms with van der Waals surface area (Å²) in [6.45, 7) is 0. The molecule has 5 aliphatic heterocycles. The van der Waals surface area contributed by atoms with Crippen molar-refractivity contribution in [2.45, 2.75) is 151 Å². The Morgan fingerprint density at radius 1 is 0.292 bits per heavy atom. The van der Waals surface area contributed by atoms with Crippen LogP contribution in [0.15, 0.2) is 0 Å². The quantitative estimate of drug-likeness (QED) is 0.218. The Kier molecular flexibility index (Phi) is 9.60. The molecule has 12 heteroatoms. The van der Waals surface area contributed by atoms with Crippen LogP contribution >= 0.6 is 0 Å². The van der Waals surface area contributed by atoms with Crippen molar-refractivity contribution in [3.63, 3.8) is 0 Å². The van der Waals surface area contributed by atoms with Gasteiger partial charge in [0, 0.05) is 52.1 Å². The fraction of sp³-hybridized carbons (Fsp3) is 1.00. The highest BCUT2D eigenvalue weighted by Gasteiger charge is 2.58. The molecule has 0 radical (unpaired) electrons. The van der Waals surface area contributed by atoms with E-state index in [1.807, 2.05) is 28.4 Å². The Labute approximate surface area is 287 Å². The molecule has 48 heavy (non-hydrogen) atoms. The van der Waals surface area contributed by atoms with Gasteiger partial charge in [-0.15, -0.1) is 0 Å². The fourth-order valence-corrected chi connectivity index (χ4v) is 13.2. The fourth-order valence-electron chi connectivity index (χ4n) is 13.2. The molecule has 0 spiro atoms. The second-order valence-corrected chi connectivity index (χ2v) is 16.9. The molecule has 12 unspecified atom stereocenters. The van der Waals surface area contributed by atoms with Gasteiger partial charge in [0.15, 0.2) is 0 Å². The zero-order valence-electron chi connectivity index (χ0n) is 29.7. The van der Waals surface area contributed by atoms with Crippen molar-refractivity contribution in [3.05, 3.63) is 0 Å². The molecule has 0 aromatic carbocycles. The molecule has 5 heterocycles. The molecule has 4 aliphatic carbocycles. The molecule has 8 N–H and O–H groups in total. The van der Waals surface area contributed by atoms with Crippen molar-refractivity contribution in [2.24, 2.45) is 47.3 Å². The molecule has 5 saturated heterocycles. The van der Waals surface area contributed by atoms with Gasteiger partial charge in [-0.2, -0.15) is 0 Å². The summed E-state index contributed by atoms with van der Waals surface area (Å²) in [6.07, 6.45) is 16.8. The van der Waals surface area contributed by atoms with Gasteiger partial charge in [-0.05, 0) is 75.0 Å². The van der Waals surface area contributed by atoms with Crippen LogP contribution in [-0.2, 0) is 18.9 Å². The third kappa shape index (κ3) is 5.55. The maximum Gasteiger partial charge on any atom is 0.0653 e. The summed E-state index contributed by atoms with van der Waals surface area (Å²) >= 11 is 0. The summed E-state index contributed by atoms with van der Waals surface area (Å²) in [6, 6.07) is 0. The van der Waals surface area contributed by atoms with Gasteiger partial charge < -0.3 is 18.9 Å². The molecule has 0 aromatic rings. The van der Waals surface area contributed by atoms with Crippen LogP contribution in [0.3, 0.4) is 0 Å². The summed E-state index contributed by atoms with van der Waals surface area (Å²) < 4.78 is 25.0. The number of fused-ring (bicyclic) bond motifs is 20. The van der Waals surface area contributed by atoms with Crippen LogP contribution in [0.4, 0.5) is 0 Å². The highest BCUT2D eigenvalue weighted by molar-refractivity contribution is 5.11. The minimum atomic E-state index is 0.167. The smallest absolute Gasteiger partial charge is 0.0653 e. The minimum absolute atomic E-state index is 0.167. The van der Waals surface area contributed by atoms with Gasteiger partial charge in [-0.3, -0.25) is 42.5 Å². The number of nitrogens with one attached hydrogen (secondary N) is 8. The lowest BCUT2D eigenvalue weighted by molar-refractivity contribution is -0.0233. The first kappa shape index (κ1) is 33.4.